The number of aryl methyl sites for hydroxylation is 1. The van der Waals surface area contributed by atoms with Crippen molar-refractivity contribution < 1.29 is 0 Å². The molecule has 0 bridgehead atoms. The van der Waals surface area contributed by atoms with Gasteiger partial charge < -0.3 is 10.6 Å². The Bertz CT molecular complexity index is 260. The Kier molecular flexibility index (Phi) is 3.57. The summed E-state index contributed by atoms with van der Waals surface area (Å²) < 4.78 is 0. The van der Waals surface area contributed by atoms with Gasteiger partial charge in [0.2, 0.25) is 5.95 Å². The largest absolute Gasteiger partial charge is 0.368 e. The molecule has 0 saturated heterocycles. The Balaban J connectivity index is 2.37. The topological polar surface area (TPSA) is 67.9 Å². The van der Waals surface area contributed by atoms with Gasteiger partial charge in [0.25, 0.3) is 0 Å². The van der Waals surface area contributed by atoms with Gasteiger partial charge in [0.05, 0.1) is 0 Å². The first-order valence-corrected chi connectivity index (χ1v) is 4.26. The van der Waals surface area contributed by atoms with Crippen molar-refractivity contribution in [1.29, 1.82) is 0 Å². The molecule has 0 aliphatic heterocycles. The number of nitrogen functional groups attached to an aromatic ring is 1. The van der Waals surface area contributed by atoms with Crippen molar-refractivity contribution >= 4 is 5.95 Å². The van der Waals surface area contributed by atoms with Crippen molar-refractivity contribution in [2.45, 2.75) is 12.8 Å². The van der Waals surface area contributed by atoms with E-state index in [1.807, 2.05) is 14.1 Å². The summed E-state index contributed by atoms with van der Waals surface area (Å²) in [6, 6.07) is 0. The van der Waals surface area contributed by atoms with Crippen molar-refractivity contribution in [2.24, 2.45) is 0 Å². The fourth-order valence-electron chi connectivity index (χ4n) is 1.02. The highest BCUT2D eigenvalue weighted by Crippen LogP contribution is 1.96. The summed E-state index contributed by atoms with van der Waals surface area (Å²) in [6.45, 7) is 1.03. The van der Waals surface area contributed by atoms with Gasteiger partial charge >= 0.3 is 0 Å². The van der Waals surface area contributed by atoms with Crippen LogP contribution in [0.5, 0.6) is 0 Å². The van der Waals surface area contributed by atoms with Gasteiger partial charge in [-0.25, -0.2) is 9.97 Å². The Hall–Kier alpha value is -1.23. The van der Waals surface area contributed by atoms with Gasteiger partial charge in [0.1, 0.15) is 12.2 Å². The van der Waals surface area contributed by atoms with Crippen LogP contribution in [0.4, 0.5) is 5.95 Å². The Labute approximate surface area is 78.0 Å². The number of hydrogen-bond acceptors (Lipinski definition) is 5. The predicted octanol–water partition coefficient (Wildman–Crippen LogP) is -0.0520. The zero-order chi connectivity index (χ0) is 9.68. The third kappa shape index (κ3) is 3.80. The Morgan fingerprint density at radius 3 is 2.77 bits per heavy atom. The molecule has 13 heavy (non-hydrogen) atoms. The minimum absolute atomic E-state index is 0.301. The molecule has 1 rings (SSSR count). The molecule has 1 aromatic rings. The van der Waals surface area contributed by atoms with Crippen LogP contribution in [0.3, 0.4) is 0 Å². The molecule has 72 valence electrons. The summed E-state index contributed by atoms with van der Waals surface area (Å²) in [5, 5.41) is 0. The molecule has 0 aliphatic carbocycles. The molecule has 0 saturated carbocycles. The minimum atomic E-state index is 0.301. The number of rotatable bonds is 4. The second-order valence-corrected chi connectivity index (χ2v) is 3.17. The fraction of sp³-hybridized carbons (Fsp3) is 0.625. The Morgan fingerprint density at radius 2 is 2.15 bits per heavy atom. The molecule has 0 atom stereocenters. The van der Waals surface area contributed by atoms with Crippen molar-refractivity contribution in [2.75, 3.05) is 26.4 Å². The maximum atomic E-state index is 5.42. The average Bonchev–Trinajstić information content (AvgIpc) is 2.03. The van der Waals surface area contributed by atoms with Gasteiger partial charge in [0, 0.05) is 6.42 Å². The zero-order valence-corrected chi connectivity index (χ0v) is 8.06. The van der Waals surface area contributed by atoms with E-state index in [-0.39, 0.29) is 0 Å². The number of nitrogens with zero attached hydrogens (tertiary/aromatic N) is 4. The first-order valence-electron chi connectivity index (χ1n) is 4.26. The van der Waals surface area contributed by atoms with Gasteiger partial charge in [-0.2, -0.15) is 4.98 Å². The summed E-state index contributed by atoms with van der Waals surface area (Å²) in [5.41, 5.74) is 5.42. The maximum Gasteiger partial charge on any atom is 0.223 e. The molecule has 0 aliphatic rings. The van der Waals surface area contributed by atoms with Crippen molar-refractivity contribution in [3.63, 3.8) is 0 Å². The normalized spacial score (nSPS) is 10.7. The molecular weight excluding hydrogens is 166 g/mol. The molecule has 0 fully saturated rings. The van der Waals surface area contributed by atoms with Crippen LogP contribution in [-0.4, -0.2) is 40.5 Å². The fourth-order valence-corrected chi connectivity index (χ4v) is 1.02. The molecule has 0 spiro atoms. The molecule has 0 radical (unpaired) electrons. The molecule has 2 N–H and O–H groups in total. The number of nitrogens with two attached hydrogens (primary N) is 1. The van der Waals surface area contributed by atoms with Crippen LogP contribution in [0.25, 0.3) is 0 Å². The van der Waals surface area contributed by atoms with Crippen LogP contribution >= 0.6 is 0 Å². The van der Waals surface area contributed by atoms with Crippen molar-refractivity contribution in [3.05, 3.63) is 12.2 Å². The highest BCUT2D eigenvalue weighted by atomic mass is 15.1. The van der Waals surface area contributed by atoms with Crippen LogP contribution in [0.2, 0.25) is 0 Å². The van der Waals surface area contributed by atoms with Crippen LogP contribution in [0.15, 0.2) is 6.33 Å². The van der Waals surface area contributed by atoms with Crippen molar-refractivity contribution in [3.8, 4) is 0 Å². The van der Waals surface area contributed by atoms with E-state index < -0.39 is 0 Å². The average molecular weight is 181 g/mol. The lowest BCUT2D eigenvalue weighted by Gasteiger charge is -2.07. The first-order chi connectivity index (χ1) is 6.18. The van der Waals surface area contributed by atoms with Crippen molar-refractivity contribution in [1.82, 2.24) is 19.9 Å². The Morgan fingerprint density at radius 1 is 1.38 bits per heavy atom. The van der Waals surface area contributed by atoms with Crippen LogP contribution in [0, 0.1) is 0 Å². The second kappa shape index (κ2) is 4.71. The SMILES string of the molecule is CN(C)CCCc1ncnc(N)n1. The predicted molar refractivity (Wildman–Crippen MR) is 51.1 cm³/mol. The van der Waals surface area contributed by atoms with E-state index in [0.717, 1.165) is 25.2 Å². The lowest BCUT2D eigenvalue weighted by molar-refractivity contribution is 0.398. The van der Waals surface area contributed by atoms with Gasteiger partial charge in [-0.05, 0) is 27.1 Å². The maximum absolute atomic E-state index is 5.42. The summed E-state index contributed by atoms with van der Waals surface area (Å²) in [5.74, 6) is 1.07. The van der Waals surface area contributed by atoms with Gasteiger partial charge in [0.15, 0.2) is 0 Å². The molecule has 0 unspecified atom stereocenters. The van der Waals surface area contributed by atoms with E-state index in [9.17, 15) is 0 Å². The van der Waals surface area contributed by atoms with E-state index in [2.05, 4.69) is 19.9 Å². The lowest BCUT2D eigenvalue weighted by Crippen LogP contribution is -2.14. The first kappa shape index (κ1) is 9.85. The van der Waals surface area contributed by atoms with E-state index in [1.54, 1.807) is 0 Å². The quantitative estimate of drug-likeness (QED) is 0.705. The second-order valence-electron chi connectivity index (χ2n) is 3.17. The molecule has 5 heteroatoms. The summed E-state index contributed by atoms with van der Waals surface area (Å²) in [6.07, 6.45) is 3.34. The number of hydrogen-bond donors (Lipinski definition) is 1. The highest BCUT2D eigenvalue weighted by molar-refractivity contribution is 5.12. The summed E-state index contributed by atoms with van der Waals surface area (Å²) in [7, 11) is 4.09. The summed E-state index contributed by atoms with van der Waals surface area (Å²) >= 11 is 0. The van der Waals surface area contributed by atoms with E-state index in [4.69, 9.17) is 5.73 Å². The van der Waals surface area contributed by atoms with Crippen LogP contribution in [0.1, 0.15) is 12.2 Å². The molecule has 0 aromatic carbocycles. The number of anilines is 1. The third-order valence-corrected chi connectivity index (χ3v) is 1.65. The summed E-state index contributed by atoms with van der Waals surface area (Å²) in [4.78, 5) is 13.9. The molecule has 1 aromatic heterocycles. The van der Waals surface area contributed by atoms with Gasteiger partial charge in [-0.3, -0.25) is 0 Å². The third-order valence-electron chi connectivity index (χ3n) is 1.65. The van der Waals surface area contributed by atoms with Gasteiger partial charge in [-0.1, -0.05) is 0 Å². The molecular formula is C8H15N5. The van der Waals surface area contributed by atoms with E-state index in [1.165, 1.54) is 6.33 Å². The standard InChI is InChI=1S/C8H15N5/c1-13(2)5-3-4-7-10-6-11-8(9)12-7/h6H,3-5H2,1-2H3,(H2,9,10,11,12). The number of aromatic nitrogens is 3. The molecule has 1 heterocycles. The highest BCUT2D eigenvalue weighted by Gasteiger charge is 1.98. The zero-order valence-electron chi connectivity index (χ0n) is 8.06. The van der Waals surface area contributed by atoms with Gasteiger partial charge in [-0.15, -0.1) is 0 Å². The van der Waals surface area contributed by atoms with Crippen LogP contribution < -0.4 is 5.73 Å². The smallest absolute Gasteiger partial charge is 0.223 e. The van der Waals surface area contributed by atoms with Crippen LogP contribution in [-0.2, 0) is 6.42 Å². The minimum Gasteiger partial charge on any atom is -0.368 e. The molecule has 0 amide bonds. The van der Waals surface area contributed by atoms with E-state index in [0.29, 0.717) is 5.95 Å². The lowest BCUT2D eigenvalue weighted by atomic mass is 10.3. The molecule has 5 nitrogen and oxygen atoms in total. The monoisotopic (exact) mass is 181 g/mol. The van der Waals surface area contributed by atoms with E-state index >= 15 is 0 Å².